The van der Waals surface area contributed by atoms with Crippen LogP contribution in [0.4, 0.5) is 0 Å². The van der Waals surface area contributed by atoms with Crippen molar-refractivity contribution in [2.45, 2.75) is 113 Å². The van der Waals surface area contributed by atoms with Gasteiger partial charge in [0.2, 0.25) is 0 Å². The minimum Gasteiger partial charge on any atom is -0.396 e. The first-order chi connectivity index (χ1) is 14.5. The van der Waals surface area contributed by atoms with E-state index in [1.165, 1.54) is 64.2 Å². The lowest BCUT2D eigenvalue weighted by molar-refractivity contribution is -0.184. The maximum atomic E-state index is 10.7. The maximum Gasteiger partial charge on any atom is 0.0493 e. The molecule has 0 saturated heterocycles. The van der Waals surface area contributed by atoms with Crippen molar-refractivity contribution in [3.8, 4) is 0 Å². The van der Waals surface area contributed by atoms with Gasteiger partial charge in [-0.25, -0.2) is 0 Å². The third-order valence-electron chi connectivity index (χ3n) is 13.2. The van der Waals surface area contributed by atoms with Crippen LogP contribution in [0.5, 0.6) is 0 Å². The van der Waals surface area contributed by atoms with Crippen molar-refractivity contribution in [1.29, 1.82) is 0 Å². The monoisotopic (exact) mass is 426 g/mol. The van der Waals surface area contributed by atoms with Crippen LogP contribution in [0.1, 0.15) is 113 Å². The normalized spacial score (nSPS) is 55.9. The van der Waals surface area contributed by atoms with Crippen molar-refractivity contribution < 1.29 is 5.11 Å². The Kier molecular flexibility index (Phi) is 4.98. The van der Waals surface area contributed by atoms with Crippen molar-refractivity contribution in [3.05, 3.63) is 11.6 Å². The summed E-state index contributed by atoms with van der Waals surface area (Å²) in [5, 5.41) is 10.7. The Labute approximate surface area is 192 Å². The topological polar surface area (TPSA) is 20.2 Å². The Bertz CT molecular complexity index is 764. The van der Waals surface area contributed by atoms with Crippen LogP contribution in [0.25, 0.3) is 0 Å². The molecule has 4 saturated carbocycles. The molecule has 5 rings (SSSR count). The molecule has 0 heterocycles. The summed E-state index contributed by atoms with van der Waals surface area (Å²) in [5.74, 6) is 3.80. The first-order valence-electron chi connectivity index (χ1n) is 13.8. The van der Waals surface area contributed by atoms with Gasteiger partial charge in [0.05, 0.1) is 0 Å². The number of aliphatic hydroxyl groups excluding tert-OH is 1. The fourth-order valence-electron chi connectivity index (χ4n) is 11.0. The Hall–Kier alpha value is -0.300. The average Bonchev–Trinajstić information content (AvgIpc) is 2.70. The highest BCUT2D eigenvalue weighted by atomic mass is 16.3. The highest BCUT2D eigenvalue weighted by Crippen LogP contribution is 2.75. The molecule has 1 nitrogen and oxygen atoms in total. The second kappa shape index (κ2) is 6.86. The molecule has 0 radical (unpaired) electrons. The quantitative estimate of drug-likeness (QED) is 0.421. The van der Waals surface area contributed by atoms with Gasteiger partial charge >= 0.3 is 0 Å². The molecule has 4 fully saturated rings. The summed E-state index contributed by atoms with van der Waals surface area (Å²) in [6.07, 6.45) is 16.3. The van der Waals surface area contributed by atoms with Crippen LogP contribution in [-0.2, 0) is 0 Å². The van der Waals surface area contributed by atoms with Crippen molar-refractivity contribution in [2.75, 3.05) is 6.61 Å². The van der Waals surface area contributed by atoms with E-state index in [4.69, 9.17) is 0 Å². The third-order valence-corrected chi connectivity index (χ3v) is 13.2. The molecule has 1 N–H and O–H groups in total. The molecule has 0 spiro atoms. The highest BCUT2D eigenvalue weighted by Gasteiger charge is 2.67. The summed E-state index contributed by atoms with van der Waals surface area (Å²) in [5.41, 5.74) is 3.69. The summed E-state index contributed by atoms with van der Waals surface area (Å²) in [7, 11) is 0. The summed E-state index contributed by atoms with van der Waals surface area (Å²) in [6.45, 7) is 18.6. The van der Waals surface area contributed by atoms with Gasteiger partial charge in [-0.1, -0.05) is 66.5 Å². The fourth-order valence-corrected chi connectivity index (χ4v) is 11.0. The van der Waals surface area contributed by atoms with E-state index in [0.29, 0.717) is 40.1 Å². The first kappa shape index (κ1) is 22.5. The zero-order valence-electron chi connectivity index (χ0n) is 21.7. The van der Waals surface area contributed by atoms with Gasteiger partial charge in [0.15, 0.2) is 0 Å². The Morgan fingerprint density at radius 1 is 0.871 bits per heavy atom. The molecule has 9 atom stereocenters. The number of fused-ring (bicyclic) bond motifs is 7. The second-order valence-electron chi connectivity index (χ2n) is 14.5. The van der Waals surface area contributed by atoms with Crippen LogP contribution in [0.15, 0.2) is 11.6 Å². The van der Waals surface area contributed by atoms with E-state index in [1.54, 1.807) is 5.57 Å². The first-order valence-corrected chi connectivity index (χ1v) is 13.8. The molecule has 0 aliphatic heterocycles. The third kappa shape index (κ3) is 2.71. The molecule has 0 aromatic rings. The largest absolute Gasteiger partial charge is 0.396 e. The summed E-state index contributed by atoms with van der Waals surface area (Å²) < 4.78 is 0. The van der Waals surface area contributed by atoms with Gasteiger partial charge in [0.1, 0.15) is 0 Å². The number of allylic oxidation sites excluding steroid dienone is 2. The van der Waals surface area contributed by atoms with Gasteiger partial charge in [0.25, 0.3) is 0 Å². The van der Waals surface area contributed by atoms with E-state index in [-0.39, 0.29) is 5.41 Å². The van der Waals surface area contributed by atoms with Gasteiger partial charge in [-0.2, -0.15) is 0 Å². The number of hydrogen-bond donors (Lipinski definition) is 1. The van der Waals surface area contributed by atoms with Crippen molar-refractivity contribution in [1.82, 2.24) is 0 Å². The van der Waals surface area contributed by atoms with Crippen molar-refractivity contribution >= 4 is 0 Å². The van der Waals surface area contributed by atoms with Crippen molar-refractivity contribution in [3.63, 3.8) is 0 Å². The molecule has 0 aromatic carbocycles. The predicted octanol–water partition coefficient (Wildman–Crippen LogP) is 8.03. The zero-order valence-corrected chi connectivity index (χ0v) is 21.7. The molecular formula is C30H50O. The Morgan fingerprint density at radius 2 is 1.61 bits per heavy atom. The molecule has 1 unspecified atom stereocenters. The van der Waals surface area contributed by atoms with Crippen molar-refractivity contribution in [2.24, 2.45) is 56.7 Å². The van der Waals surface area contributed by atoms with Crippen LogP contribution in [0.3, 0.4) is 0 Å². The SMILES string of the molecule is C[C@H]1[C@H](C)CC[C@]2(CO)CC[C@]3(C)C(=CC[C@@H]4[C@@]5(C)CCCC(C)(C)C5CC[C@]43C)[C@H]12. The van der Waals surface area contributed by atoms with E-state index < -0.39 is 0 Å². The van der Waals surface area contributed by atoms with Crippen LogP contribution in [0, 0.1) is 56.7 Å². The molecule has 5 aliphatic carbocycles. The standard InChI is InChI=1S/C30H50O/c1-20-11-16-30(19-31)18-17-28(6)22(25(30)21(20)2)9-10-24-27(5)14-8-13-26(3,4)23(27)12-15-29(24,28)7/h9,20-21,23-25,31H,8,10-19H2,1-7H3/t20-,21+,23?,24-,25+,27+,28-,29-,30-/m1/s1. The number of aliphatic hydroxyl groups is 1. The molecule has 31 heavy (non-hydrogen) atoms. The molecular weight excluding hydrogens is 376 g/mol. The van der Waals surface area contributed by atoms with Gasteiger partial charge < -0.3 is 5.11 Å². The number of hydrogen-bond acceptors (Lipinski definition) is 1. The second-order valence-corrected chi connectivity index (χ2v) is 14.5. The minimum absolute atomic E-state index is 0.161. The zero-order chi connectivity index (χ0) is 22.4. The number of rotatable bonds is 1. The predicted molar refractivity (Wildman–Crippen MR) is 131 cm³/mol. The van der Waals surface area contributed by atoms with Gasteiger partial charge in [-0.15, -0.1) is 0 Å². The average molecular weight is 427 g/mol. The van der Waals surface area contributed by atoms with Crippen LogP contribution in [0.2, 0.25) is 0 Å². The van der Waals surface area contributed by atoms with E-state index in [0.717, 1.165) is 17.8 Å². The molecule has 5 aliphatic rings. The van der Waals surface area contributed by atoms with E-state index in [9.17, 15) is 5.11 Å². The van der Waals surface area contributed by atoms with Crippen LogP contribution >= 0.6 is 0 Å². The van der Waals surface area contributed by atoms with Gasteiger partial charge in [-0.05, 0) is 109 Å². The molecule has 0 bridgehead atoms. The summed E-state index contributed by atoms with van der Waals surface area (Å²) in [4.78, 5) is 0. The van der Waals surface area contributed by atoms with E-state index >= 15 is 0 Å². The Morgan fingerprint density at radius 3 is 2.32 bits per heavy atom. The smallest absolute Gasteiger partial charge is 0.0493 e. The van der Waals surface area contributed by atoms with E-state index in [1.807, 2.05) is 0 Å². The van der Waals surface area contributed by atoms with Gasteiger partial charge in [0, 0.05) is 12.0 Å². The highest BCUT2D eigenvalue weighted by molar-refractivity contribution is 5.34. The molecule has 0 aromatic heterocycles. The van der Waals surface area contributed by atoms with Crippen LogP contribution in [-0.4, -0.2) is 11.7 Å². The molecule has 1 heteroatoms. The molecule has 0 amide bonds. The summed E-state index contributed by atoms with van der Waals surface area (Å²) in [6, 6.07) is 0. The lowest BCUT2D eigenvalue weighted by atomic mass is 9.33. The van der Waals surface area contributed by atoms with Gasteiger partial charge in [-0.3, -0.25) is 0 Å². The molecule has 176 valence electrons. The summed E-state index contributed by atoms with van der Waals surface area (Å²) >= 11 is 0. The lowest BCUT2D eigenvalue weighted by Crippen LogP contribution is -2.63. The minimum atomic E-state index is 0.161. The lowest BCUT2D eigenvalue weighted by Gasteiger charge is -2.71. The maximum absolute atomic E-state index is 10.7. The van der Waals surface area contributed by atoms with Crippen LogP contribution < -0.4 is 0 Å². The Balaban J connectivity index is 1.60. The fraction of sp³-hybridized carbons (Fsp3) is 0.933. The van der Waals surface area contributed by atoms with E-state index in [2.05, 4.69) is 54.5 Å².